The van der Waals surface area contributed by atoms with Gasteiger partial charge in [-0.3, -0.25) is 4.84 Å². The van der Waals surface area contributed by atoms with Crippen LogP contribution >= 0.6 is 0 Å². The van der Waals surface area contributed by atoms with Crippen LogP contribution in [0.5, 0.6) is 0 Å². The molecule has 1 unspecified atom stereocenters. The van der Waals surface area contributed by atoms with E-state index < -0.39 is 6.23 Å². The zero-order valence-corrected chi connectivity index (χ0v) is 8.58. The fourth-order valence-electron chi connectivity index (χ4n) is 0.968. The van der Waals surface area contributed by atoms with Gasteiger partial charge in [-0.2, -0.15) is 20.0 Å². The lowest BCUT2D eigenvalue weighted by Crippen LogP contribution is -2.34. The van der Waals surface area contributed by atoms with Crippen molar-refractivity contribution >= 4 is 17.8 Å². The predicted molar refractivity (Wildman–Crippen MR) is 54.4 cm³/mol. The predicted octanol–water partition coefficient (Wildman–Crippen LogP) is -0.868. The third-order valence-electron chi connectivity index (χ3n) is 1.46. The Bertz CT molecular complexity index is 311. The molecule has 0 bridgehead atoms. The maximum Gasteiger partial charge on any atom is 0.258 e. The molecule has 15 heavy (non-hydrogen) atoms. The van der Waals surface area contributed by atoms with Gasteiger partial charge in [-0.1, -0.05) is 0 Å². The Labute approximate surface area is 86.9 Å². The average molecular weight is 214 g/mol. The van der Waals surface area contributed by atoms with Crippen molar-refractivity contribution in [2.24, 2.45) is 0 Å². The van der Waals surface area contributed by atoms with Crippen molar-refractivity contribution in [3.8, 4) is 0 Å². The first-order valence-corrected chi connectivity index (χ1v) is 4.41. The van der Waals surface area contributed by atoms with E-state index in [4.69, 9.17) is 16.3 Å². The van der Waals surface area contributed by atoms with E-state index in [1.54, 1.807) is 6.92 Å². The molecule has 5 N–H and O–H groups in total. The minimum absolute atomic E-state index is 0.0251. The smallest absolute Gasteiger partial charge is 0.258 e. The molecule has 0 saturated heterocycles. The molecule has 1 aromatic heterocycles. The molecule has 8 nitrogen and oxygen atoms in total. The average Bonchev–Trinajstić information content (AvgIpc) is 2.11. The van der Waals surface area contributed by atoms with Crippen molar-refractivity contribution in [2.75, 3.05) is 23.1 Å². The van der Waals surface area contributed by atoms with E-state index in [1.165, 1.54) is 6.92 Å². The number of aromatic nitrogens is 3. The molecule has 0 aliphatic heterocycles. The summed E-state index contributed by atoms with van der Waals surface area (Å²) in [4.78, 5) is 16.3. The summed E-state index contributed by atoms with van der Waals surface area (Å²) in [6, 6.07) is 0. The number of hydrogen-bond acceptors (Lipinski definition) is 8. The molecule has 1 heterocycles. The highest BCUT2D eigenvalue weighted by Gasteiger charge is 2.16. The van der Waals surface area contributed by atoms with Crippen LogP contribution in [0.1, 0.15) is 13.8 Å². The van der Waals surface area contributed by atoms with Crippen LogP contribution in [0.2, 0.25) is 0 Å². The van der Waals surface area contributed by atoms with Crippen LogP contribution in [-0.4, -0.2) is 32.9 Å². The molecule has 0 amide bonds. The number of aliphatic hydroxyl groups excluding tert-OH is 1. The normalized spacial score (nSPS) is 12.5. The number of aliphatic hydroxyl groups is 1. The molecule has 84 valence electrons. The molecule has 0 saturated carbocycles. The van der Waals surface area contributed by atoms with Crippen molar-refractivity contribution in [1.82, 2.24) is 15.0 Å². The SMILES string of the molecule is CCON(c1nc(N)nc(N)n1)C(C)O. The van der Waals surface area contributed by atoms with Gasteiger partial charge in [0.25, 0.3) is 5.95 Å². The second kappa shape index (κ2) is 4.71. The van der Waals surface area contributed by atoms with Crippen molar-refractivity contribution < 1.29 is 9.94 Å². The van der Waals surface area contributed by atoms with Gasteiger partial charge >= 0.3 is 0 Å². The Morgan fingerprint density at radius 2 is 1.87 bits per heavy atom. The number of hydroxylamine groups is 1. The lowest BCUT2D eigenvalue weighted by molar-refractivity contribution is 0.0192. The number of anilines is 3. The van der Waals surface area contributed by atoms with Gasteiger partial charge in [0.2, 0.25) is 11.9 Å². The lowest BCUT2D eigenvalue weighted by Gasteiger charge is -2.23. The number of hydrogen-bond donors (Lipinski definition) is 3. The lowest BCUT2D eigenvalue weighted by atomic mass is 10.6. The van der Waals surface area contributed by atoms with Crippen LogP contribution in [-0.2, 0) is 4.84 Å². The Kier molecular flexibility index (Phi) is 3.58. The molecular weight excluding hydrogens is 200 g/mol. The zero-order valence-electron chi connectivity index (χ0n) is 8.58. The van der Waals surface area contributed by atoms with E-state index in [1.807, 2.05) is 0 Å². The van der Waals surface area contributed by atoms with E-state index in [0.717, 1.165) is 5.06 Å². The Morgan fingerprint density at radius 3 is 2.27 bits per heavy atom. The van der Waals surface area contributed by atoms with E-state index in [9.17, 15) is 5.11 Å². The third kappa shape index (κ3) is 2.89. The first-order valence-electron chi connectivity index (χ1n) is 4.41. The first kappa shape index (κ1) is 11.4. The van der Waals surface area contributed by atoms with Gasteiger partial charge in [-0.05, 0) is 13.8 Å². The first-order chi connectivity index (χ1) is 7.04. The summed E-state index contributed by atoms with van der Waals surface area (Å²) in [6.45, 7) is 3.63. The van der Waals surface area contributed by atoms with Gasteiger partial charge in [0.1, 0.15) is 0 Å². The van der Waals surface area contributed by atoms with Crippen LogP contribution in [0.3, 0.4) is 0 Å². The van der Waals surface area contributed by atoms with E-state index in [0.29, 0.717) is 6.61 Å². The number of nitrogen functional groups attached to an aromatic ring is 2. The molecule has 0 fully saturated rings. The summed E-state index contributed by atoms with van der Waals surface area (Å²) in [5.41, 5.74) is 10.8. The molecule has 0 radical (unpaired) electrons. The minimum atomic E-state index is -0.911. The summed E-state index contributed by atoms with van der Waals surface area (Å²) >= 11 is 0. The summed E-state index contributed by atoms with van der Waals surface area (Å²) in [5, 5.41) is 10.5. The Balaban J connectivity index is 2.99. The summed E-state index contributed by atoms with van der Waals surface area (Å²) in [7, 11) is 0. The molecule has 0 aliphatic carbocycles. The summed E-state index contributed by atoms with van der Waals surface area (Å²) in [5.74, 6) is 0.0301. The molecule has 0 spiro atoms. The van der Waals surface area contributed by atoms with Gasteiger partial charge < -0.3 is 16.6 Å². The molecule has 1 rings (SSSR count). The van der Waals surface area contributed by atoms with Crippen molar-refractivity contribution in [2.45, 2.75) is 20.1 Å². The molecule has 0 aliphatic rings. The Morgan fingerprint density at radius 1 is 1.33 bits per heavy atom. The quantitative estimate of drug-likeness (QED) is 0.436. The fourth-order valence-corrected chi connectivity index (χ4v) is 0.968. The van der Waals surface area contributed by atoms with E-state index in [2.05, 4.69) is 15.0 Å². The van der Waals surface area contributed by atoms with Crippen molar-refractivity contribution in [3.63, 3.8) is 0 Å². The number of rotatable bonds is 4. The molecular formula is C7H14N6O2. The summed E-state index contributed by atoms with van der Waals surface area (Å²) < 4.78 is 0. The van der Waals surface area contributed by atoms with Crippen LogP contribution in [0.4, 0.5) is 17.8 Å². The van der Waals surface area contributed by atoms with Crippen molar-refractivity contribution in [3.05, 3.63) is 0 Å². The van der Waals surface area contributed by atoms with Gasteiger partial charge in [-0.15, -0.1) is 0 Å². The highest BCUT2D eigenvalue weighted by atomic mass is 16.7. The van der Waals surface area contributed by atoms with E-state index >= 15 is 0 Å². The van der Waals surface area contributed by atoms with Crippen LogP contribution < -0.4 is 16.5 Å². The fraction of sp³-hybridized carbons (Fsp3) is 0.571. The molecule has 1 atom stereocenters. The second-order valence-corrected chi connectivity index (χ2v) is 2.73. The van der Waals surface area contributed by atoms with E-state index in [-0.39, 0.29) is 17.8 Å². The second-order valence-electron chi connectivity index (χ2n) is 2.73. The topological polar surface area (TPSA) is 123 Å². The largest absolute Gasteiger partial charge is 0.372 e. The maximum atomic E-state index is 9.40. The van der Waals surface area contributed by atoms with Crippen LogP contribution in [0.15, 0.2) is 0 Å². The van der Waals surface area contributed by atoms with Crippen LogP contribution in [0, 0.1) is 0 Å². The zero-order chi connectivity index (χ0) is 11.4. The highest BCUT2D eigenvalue weighted by Crippen LogP contribution is 2.12. The number of nitrogens with two attached hydrogens (primary N) is 2. The molecule has 1 aromatic rings. The highest BCUT2D eigenvalue weighted by molar-refractivity contribution is 5.37. The molecule has 0 aromatic carbocycles. The number of nitrogens with zero attached hydrogens (tertiary/aromatic N) is 4. The van der Waals surface area contributed by atoms with Crippen molar-refractivity contribution in [1.29, 1.82) is 0 Å². The molecule has 8 heteroatoms. The standard InChI is InChI=1S/C7H14N6O2/c1-3-15-13(4(2)14)7-11-5(8)10-6(9)12-7/h4,14H,3H2,1-2H3,(H4,8,9,10,11,12). The van der Waals surface area contributed by atoms with Gasteiger partial charge in [0.05, 0.1) is 6.61 Å². The summed E-state index contributed by atoms with van der Waals surface area (Å²) in [6.07, 6.45) is -0.911. The van der Waals surface area contributed by atoms with Gasteiger partial charge in [-0.25, -0.2) is 0 Å². The third-order valence-corrected chi connectivity index (χ3v) is 1.46. The Hall–Kier alpha value is -1.67. The maximum absolute atomic E-state index is 9.40. The minimum Gasteiger partial charge on any atom is -0.372 e. The van der Waals surface area contributed by atoms with Gasteiger partial charge in [0, 0.05) is 0 Å². The monoisotopic (exact) mass is 214 g/mol. The van der Waals surface area contributed by atoms with Crippen LogP contribution in [0.25, 0.3) is 0 Å². The van der Waals surface area contributed by atoms with Gasteiger partial charge in [0.15, 0.2) is 6.23 Å².